The Bertz CT molecular complexity index is 1030. The Morgan fingerprint density at radius 1 is 1.21 bits per heavy atom. The van der Waals surface area contributed by atoms with Crippen LogP contribution in [0.5, 0.6) is 0 Å². The van der Waals surface area contributed by atoms with Crippen LogP contribution in [0.15, 0.2) is 53.5 Å². The number of aromatic nitrogens is 1. The Kier molecular flexibility index (Phi) is 4.78. The zero-order valence-corrected chi connectivity index (χ0v) is 16.9. The normalized spacial score (nSPS) is 20.3. The molecule has 1 N–H and O–H groups in total. The van der Waals surface area contributed by atoms with Gasteiger partial charge in [-0.05, 0) is 60.9 Å². The molecule has 0 radical (unpaired) electrons. The molecule has 0 aliphatic carbocycles. The maximum atomic E-state index is 12.1. The van der Waals surface area contributed by atoms with Crippen molar-refractivity contribution in [2.24, 2.45) is 4.99 Å². The largest absolute Gasteiger partial charge is 0.361 e. The summed E-state index contributed by atoms with van der Waals surface area (Å²) in [6.07, 6.45) is 2.93. The number of carbonyl (C=O) groups is 1. The molecule has 0 bridgehead atoms. The minimum absolute atomic E-state index is 0.0462. The summed E-state index contributed by atoms with van der Waals surface area (Å²) in [7, 11) is 0. The van der Waals surface area contributed by atoms with E-state index in [9.17, 15) is 4.79 Å². The van der Waals surface area contributed by atoms with Crippen LogP contribution in [0.4, 0.5) is 10.8 Å². The molecule has 0 saturated carbocycles. The lowest BCUT2D eigenvalue weighted by Crippen LogP contribution is -2.28. The van der Waals surface area contributed by atoms with Gasteiger partial charge in [-0.2, -0.15) is 0 Å². The van der Waals surface area contributed by atoms with Crippen LogP contribution in [0.25, 0.3) is 10.2 Å². The lowest BCUT2D eigenvalue weighted by atomic mass is 10.1. The highest BCUT2D eigenvalue weighted by Crippen LogP contribution is 2.34. The van der Waals surface area contributed by atoms with E-state index >= 15 is 0 Å². The maximum Gasteiger partial charge on any atom is 0.219 e. The molecule has 2 aliphatic rings. The van der Waals surface area contributed by atoms with Crippen LogP contribution in [0, 0.1) is 0 Å². The molecule has 0 amide bonds. The topological polar surface area (TPSA) is 57.6 Å². The van der Waals surface area contributed by atoms with Crippen LogP contribution in [0.2, 0.25) is 0 Å². The zero-order valence-electron chi connectivity index (χ0n) is 15.3. The number of thioether (sulfide) groups is 1. The van der Waals surface area contributed by atoms with Gasteiger partial charge in [0.2, 0.25) is 5.12 Å². The van der Waals surface area contributed by atoms with E-state index in [1.807, 2.05) is 30.3 Å². The number of nitrogens with zero attached hydrogens (tertiary/aromatic N) is 3. The molecular weight excluding hydrogens is 388 g/mol. The molecule has 2 aromatic carbocycles. The number of anilines is 1. The third kappa shape index (κ3) is 3.52. The average molecular weight is 409 g/mol. The monoisotopic (exact) mass is 408 g/mol. The summed E-state index contributed by atoms with van der Waals surface area (Å²) in [6, 6.07) is 16.5. The van der Waals surface area contributed by atoms with Crippen LogP contribution in [0.3, 0.4) is 0 Å². The second-order valence-corrected chi connectivity index (χ2v) is 9.00. The second kappa shape index (κ2) is 7.56. The van der Waals surface area contributed by atoms with Gasteiger partial charge < -0.3 is 10.2 Å². The molecule has 2 aliphatic heterocycles. The van der Waals surface area contributed by atoms with E-state index in [1.165, 1.54) is 22.0 Å². The summed E-state index contributed by atoms with van der Waals surface area (Å²) in [5, 5.41) is 5.48. The first kappa shape index (κ1) is 17.7. The van der Waals surface area contributed by atoms with Crippen LogP contribution in [-0.4, -0.2) is 39.3 Å². The minimum Gasteiger partial charge on any atom is -0.361 e. The molecule has 7 heteroatoms. The van der Waals surface area contributed by atoms with Gasteiger partial charge in [-0.3, -0.25) is 4.79 Å². The molecule has 0 spiro atoms. The minimum atomic E-state index is 0.0462. The van der Waals surface area contributed by atoms with Gasteiger partial charge in [0, 0.05) is 13.1 Å². The summed E-state index contributed by atoms with van der Waals surface area (Å²) in [5.74, 6) is 0. The van der Waals surface area contributed by atoms with Crippen molar-refractivity contribution >= 4 is 54.4 Å². The van der Waals surface area contributed by atoms with Crippen molar-refractivity contribution in [1.29, 1.82) is 0 Å². The Balaban J connectivity index is 1.24. The summed E-state index contributed by atoms with van der Waals surface area (Å²) in [5.41, 5.74) is 3.18. The lowest BCUT2D eigenvalue weighted by molar-refractivity contribution is -0.113. The smallest absolute Gasteiger partial charge is 0.219 e. The third-order valence-electron chi connectivity index (χ3n) is 5.08. The Hall–Kier alpha value is -2.38. The average Bonchev–Trinajstić information content (AvgIpc) is 3.40. The number of benzene rings is 2. The summed E-state index contributed by atoms with van der Waals surface area (Å²) in [4.78, 5) is 23.6. The first-order valence-corrected chi connectivity index (χ1v) is 11.1. The fourth-order valence-corrected chi connectivity index (χ4v) is 5.64. The fourth-order valence-electron chi connectivity index (χ4n) is 3.70. The number of nitrogens with one attached hydrogen (secondary N) is 1. The van der Waals surface area contributed by atoms with E-state index in [0.29, 0.717) is 0 Å². The highest BCUT2D eigenvalue weighted by atomic mass is 32.2. The highest BCUT2D eigenvalue weighted by molar-refractivity contribution is 8.26. The summed E-state index contributed by atoms with van der Waals surface area (Å²) >= 11 is 2.97. The van der Waals surface area contributed by atoms with Gasteiger partial charge in [0.15, 0.2) is 10.3 Å². The van der Waals surface area contributed by atoms with Gasteiger partial charge >= 0.3 is 0 Å². The van der Waals surface area contributed by atoms with Gasteiger partial charge in [-0.25, -0.2) is 9.98 Å². The Labute approximate surface area is 171 Å². The standard InChI is InChI=1S/C21H20N4OS2/c26-19-17-8-4-12-25(17)21(28-19)23-15-6-3-5-14(13-15)10-11-22-20-24-16-7-1-2-9-18(16)27-20/h1-3,5-7,9,13,17H,4,8,10-12H2,(H,22,24)/t17-/m0/s1. The van der Waals surface area contributed by atoms with Crippen molar-refractivity contribution < 1.29 is 4.79 Å². The maximum absolute atomic E-state index is 12.1. The molecule has 2 fully saturated rings. The molecular formula is C21H20N4OS2. The highest BCUT2D eigenvalue weighted by Gasteiger charge is 2.40. The van der Waals surface area contributed by atoms with Crippen molar-refractivity contribution in [1.82, 2.24) is 9.88 Å². The van der Waals surface area contributed by atoms with E-state index in [1.54, 1.807) is 11.3 Å². The predicted molar refractivity (Wildman–Crippen MR) is 118 cm³/mol. The number of fused-ring (bicyclic) bond motifs is 2. The third-order valence-corrected chi connectivity index (χ3v) is 7.06. The van der Waals surface area contributed by atoms with Crippen molar-refractivity contribution in [3.63, 3.8) is 0 Å². The Morgan fingerprint density at radius 2 is 2.14 bits per heavy atom. The molecule has 28 heavy (non-hydrogen) atoms. The quantitative estimate of drug-likeness (QED) is 0.664. The molecule has 3 heterocycles. The Morgan fingerprint density at radius 3 is 3.07 bits per heavy atom. The number of para-hydroxylation sites is 1. The number of amidine groups is 1. The first-order valence-electron chi connectivity index (χ1n) is 9.52. The van der Waals surface area contributed by atoms with E-state index in [-0.39, 0.29) is 11.2 Å². The van der Waals surface area contributed by atoms with Crippen molar-refractivity contribution in [2.45, 2.75) is 25.3 Å². The second-order valence-electron chi connectivity index (χ2n) is 7.00. The number of carbonyl (C=O) groups excluding carboxylic acids is 1. The van der Waals surface area contributed by atoms with E-state index < -0.39 is 0 Å². The fraction of sp³-hybridized carbons (Fsp3) is 0.286. The zero-order chi connectivity index (χ0) is 18.9. The van der Waals surface area contributed by atoms with E-state index in [4.69, 9.17) is 4.99 Å². The number of thiazole rings is 1. The van der Waals surface area contributed by atoms with Gasteiger partial charge in [0.1, 0.15) is 6.04 Å². The number of rotatable bonds is 5. The van der Waals surface area contributed by atoms with Gasteiger partial charge in [-0.1, -0.05) is 35.6 Å². The van der Waals surface area contributed by atoms with Gasteiger partial charge in [0.25, 0.3) is 0 Å². The summed E-state index contributed by atoms with van der Waals surface area (Å²) in [6.45, 7) is 1.76. The molecule has 0 unspecified atom stereocenters. The van der Waals surface area contributed by atoms with Crippen LogP contribution in [-0.2, 0) is 11.2 Å². The van der Waals surface area contributed by atoms with Crippen LogP contribution >= 0.6 is 23.1 Å². The number of aliphatic imine (C=N–C) groups is 1. The number of hydrogen-bond acceptors (Lipinski definition) is 6. The molecule has 142 valence electrons. The molecule has 2 saturated heterocycles. The molecule has 1 atom stereocenters. The molecule has 1 aromatic heterocycles. The van der Waals surface area contributed by atoms with E-state index in [2.05, 4.69) is 33.4 Å². The lowest BCUT2D eigenvalue weighted by Gasteiger charge is -2.15. The molecule has 5 rings (SSSR count). The summed E-state index contributed by atoms with van der Waals surface area (Å²) < 4.78 is 1.20. The van der Waals surface area contributed by atoms with Crippen molar-refractivity contribution in [3.8, 4) is 0 Å². The van der Waals surface area contributed by atoms with Gasteiger partial charge in [-0.15, -0.1) is 0 Å². The number of hydrogen-bond donors (Lipinski definition) is 1. The SMILES string of the molecule is O=C1SC(=Nc2cccc(CCNc3nc4ccccc4s3)c2)N2CCC[C@@H]12. The van der Waals surface area contributed by atoms with Crippen molar-refractivity contribution in [2.75, 3.05) is 18.4 Å². The van der Waals surface area contributed by atoms with E-state index in [0.717, 1.165) is 53.9 Å². The first-order chi connectivity index (χ1) is 13.8. The van der Waals surface area contributed by atoms with Crippen LogP contribution in [0.1, 0.15) is 18.4 Å². The van der Waals surface area contributed by atoms with Crippen LogP contribution < -0.4 is 5.32 Å². The van der Waals surface area contributed by atoms with Gasteiger partial charge in [0.05, 0.1) is 15.9 Å². The predicted octanol–water partition coefficient (Wildman–Crippen LogP) is 4.68. The molecule has 5 nitrogen and oxygen atoms in total. The molecule has 3 aromatic rings. The van der Waals surface area contributed by atoms with Crippen molar-refractivity contribution in [3.05, 3.63) is 54.1 Å².